The lowest BCUT2D eigenvalue weighted by Gasteiger charge is -2.33. The topological polar surface area (TPSA) is 17.1 Å². The van der Waals surface area contributed by atoms with Gasteiger partial charge in [-0.15, -0.1) is 6.58 Å². The van der Waals surface area contributed by atoms with Crippen LogP contribution in [0.5, 0.6) is 0 Å². The molecule has 1 nitrogen and oxygen atoms in total. The van der Waals surface area contributed by atoms with Gasteiger partial charge in [-0.3, -0.25) is 4.79 Å². The van der Waals surface area contributed by atoms with E-state index in [1.807, 2.05) is 19.1 Å². The zero-order chi connectivity index (χ0) is 10.8. The van der Waals surface area contributed by atoms with Gasteiger partial charge in [0.1, 0.15) is 5.78 Å². The van der Waals surface area contributed by atoms with Crippen molar-refractivity contribution in [1.82, 2.24) is 0 Å². The van der Waals surface area contributed by atoms with Crippen LogP contribution < -0.4 is 0 Å². The summed E-state index contributed by atoms with van der Waals surface area (Å²) in [4.78, 5) is 11.9. The van der Waals surface area contributed by atoms with Crippen molar-refractivity contribution in [3.05, 3.63) is 36.5 Å². The molecule has 14 heavy (non-hydrogen) atoms. The summed E-state index contributed by atoms with van der Waals surface area (Å²) in [6, 6.07) is 0. The van der Waals surface area contributed by atoms with Crippen LogP contribution in [0.25, 0.3) is 0 Å². The first-order valence-corrected chi connectivity index (χ1v) is 4.98. The van der Waals surface area contributed by atoms with Crippen LogP contribution >= 0.6 is 0 Å². The van der Waals surface area contributed by atoms with Gasteiger partial charge in [0.2, 0.25) is 0 Å². The normalized spacial score (nSPS) is 24.2. The van der Waals surface area contributed by atoms with Gasteiger partial charge in [0.05, 0.1) is 0 Å². The van der Waals surface area contributed by atoms with Crippen LogP contribution in [0.1, 0.15) is 27.2 Å². The maximum absolute atomic E-state index is 11.9. The van der Waals surface area contributed by atoms with E-state index in [0.717, 1.165) is 5.57 Å². The molecule has 0 amide bonds. The van der Waals surface area contributed by atoms with E-state index in [1.165, 1.54) is 0 Å². The summed E-state index contributed by atoms with van der Waals surface area (Å²) in [6.45, 7) is 9.84. The minimum atomic E-state index is -0.0566. The lowest BCUT2D eigenvalue weighted by molar-refractivity contribution is -0.123. The van der Waals surface area contributed by atoms with E-state index in [9.17, 15) is 4.79 Å². The summed E-state index contributed by atoms with van der Waals surface area (Å²) in [5.74, 6) is 0.286. The molecule has 0 aliphatic heterocycles. The number of ketones is 1. The molecule has 0 aromatic carbocycles. The molecule has 0 radical (unpaired) electrons. The Hall–Kier alpha value is -1.11. The third kappa shape index (κ3) is 2.03. The van der Waals surface area contributed by atoms with Gasteiger partial charge < -0.3 is 0 Å². The van der Waals surface area contributed by atoms with Crippen molar-refractivity contribution in [2.24, 2.45) is 11.3 Å². The van der Waals surface area contributed by atoms with E-state index >= 15 is 0 Å². The molecule has 0 saturated heterocycles. The first kappa shape index (κ1) is 11.0. The molecule has 1 atom stereocenters. The maximum Gasteiger partial charge on any atom is 0.144 e. The van der Waals surface area contributed by atoms with Crippen LogP contribution in [0.3, 0.4) is 0 Å². The van der Waals surface area contributed by atoms with Gasteiger partial charge in [0, 0.05) is 12.3 Å². The number of carbonyl (C=O) groups excluding carboxylic acids is 1. The number of hydrogen-bond acceptors (Lipinski definition) is 1. The van der Waals surface area contributed by atoms with E-state index in [2.05, 4.69) is 26.5 Å². The van der Waals surface area contributed by atoms with Crippen LogP contribution in [-0.2, 0) is 4.79 Å². The van der Waals surface area contributed by atoms with Gasteiger partial charge in [-0.05, 0) is 12.3 Å². The summed E-state index contributed by atoms with van der Waals surface area (Å²) in [6.07, 6.45) is 8.31. The second-order valence-corrected chi connectivity index (χ2v) is 4.48. The van der Waals surface area contributed by atoms with Crippen molar-refractivity contribution in [2.45, 2.75) is 27.2 Å². The minimum Gasteiger partial charge on any atom is -0.299 e. The molecule has 0 N–H and O–H groups in total. The highest BCUT2D eigenvalue weighted by molar-refractivity contribution is 5.86. The fourth-order valence-electron chi connectivity index (χ4n) is 2.16. The molecule has 1 aliphatic rings. The quantitative estimate of drug-likeness (QED) is 0.624. The average molecular weight is 190 g/mol. The predicted octanol–water partition coefficient (Wildman–Crippen LogP) is 3.29. The first-order chi connectivity index (χ1) is 6.49. The van der Waals surface area contributed by atoms with E-state index in [-0.39, 0.29) is 17.1 Å². The van der Waals surface area contributed by atoms with Crippen LogP contribution in [0.4, 0.5) is 0 Å². The Morgan fingerprint density at radius 2 is 2.29 bits per heavy atom. The van der Waals surface area contributed by atoms with Crippen molar-refractivity contribution in [1.29, 1.82) is 0 Å². The van der Waals surface area contributed by atoms with Crippen molar-refractivity contribution in [2.75, 3.05) is 0 Å². The molecule has 0 spiro atoms. The molecule has 0 aromatic rings. The molecule has 0 saturated carbocycles. The Balaban J connectivity index is 2.95. The summed E-state index contributed by atoms with van der Waals surface area (Å²) in [7, 11) is 0. The van der Waals surface area contributed by atoms with Gasteiger partial charge in [-0.25, -0.2) is 0 Å². The highest BCUT2D eigenvalue weighted by atomic mass is 16.1. The molecule has 1 heteroatoms. The van der Waals surface area contributed by atoms with E-state index in [0.29, 0.717) is 6.42 Å². The largest absolute Gasteiger partial charge is 0.299 e. The second kappa shape index (κ2) is 3.95. The molecule has 0 aromatic heterocycles. The minimum absolute atomic E-state index is 0.0190. The van der Waals surface area contributed by atoms with Gasteiger partial charge in [-0.1, -0.05) is 43.7 Å². The van der Waals surface area contributed by atoms with E-state index in [1.54, 1.807) is 6.08 Å². The average Bonchev–Trinajstić information content (AvgIpc) is 2.02. The number of allylic oxidation sites excluding steroid dienone is 5. The fraction of sp³-hybridized carbons (Fsp3) is 0.462. The maximum atomic E-state index is 11.9. The molecular weight excluding hydrogens is 172 g/mol. The van der Waals surface area contributed by atoms with Gasteiger partial charge in [-0.2, -0.15) is 0 Å². The van der Waals surface area contributed by atoms with E-state index < -0.39 is 0 Å². The Morgan fingerprint density at radius 1 is 1.64 bits per heavy atom. The molecule has 1 rings (SSSR count). The zero-order valence-corrected chi connectivity index (χ0v) is 9.21. The van der Waals surface area contributed by atoms with Gasteiger partial charge in [0.15, 0.2) is 0 Å². The molecule has 0 fully saturated rings. The predicted molar refractivity (Wildman–Crippen MR) is 60.0 cm³/mol. The monoisotopic (exact) mass is 190 g/mol. The lowest BCUT2D eigenvalue weighted by Crippen LogP contribution is -2.31. The molecule has 1 aliphatic carbocycles. The highest BCUT2D eigenvalue weighted by Crippen LogP contribution is 2.38. The van der Waals surface area contributed by atoms with Crippen molar-refractivity contribution in [3.63, 3.8) is 0 Å². The third-order valence-corrected chi connectivity index (χ3v) is 2.75. The van der Waals surface area contributed by atoms with Crippen molar-refractivity contribution in [3.8, 4) is 0 Å². The van der Waals surface area contributed by atoms with Crippen LogP contribution in [0, 0.1) is 11.3 Å². The zero-order valence-electron chi connectivity index (χ0n) is 9.21. The van der Waals surface area contributed by atoms with Crippen LogP contribution in [0.15, 0.2) is 36.5 Å². The molecule has 0 bridgehead atoms. The summed E-state index contributed by atoms with van der Waals surface area (Å²) >= 11 is 0. The smallest absolute Gasteiger partial charge is 0.144 e. The highest BCUT2D eigenvalue weighted by Gasteiger charge is 2.34. The lowest BCUT2D eigenvalue weighted by atomic mass is 9.69. The number of carbonyl (C=O) groups is 1. The number of hydrogen-bond donors (Lipinski definition) is 0. The van der Waals surface area contributed by atoms with Crippen LogP contribution in [-0.4, -0.2) is 5.78 Å². The summed E-state index contributed by atoms with van der Waals surface area (Å²) in [5, 5.41) is 0. The summed E-state index contributed by atoms with van der Waals surface area (Å²) in [5.41, 5.74) is 1.10. The fourth-order valence-corrected chi connectivity index (χ4v) is 2.16. The second-order valence-electron chi connectivity index (χ2n) is 4.48. The molecule has 1 unspecified atom stereocenters. The first-order valence-electron chi connectivity index (χ1n) is 4.98. The Bertz CT molecular complexity index is 305. The molecular formula is C13H18O. The Morgan fingerprint density at radius 3 is 2.79 bits per heavy atom. The third-order valence-electron chi connectivity index (χ3n) is 2.75. The molecule has 0 heterocycles. The van der Waals surface area contributed by atoms with Gasteiger partial charge in [0.25, 0.3) is 0 Å². The standard InChI is InChI=1S/C13H18O/c1-5-7-11(14)12-10(2)8-6-9-13(12,3)4/h5-6,8-9,12H,1,7H2,2-4H3. The number of Topliss-reactive ketones (excluding diaryl/α,β-unsaturated/α-hetero) is 1. The SMILES string of the molecule is C=CCC(=O)C1C(C)=CC=CC1(C)C. The van der Waals surface area contributed by atoms with Gasteiger partial charge >= 0.3 is 0 Å². The Kier molecular flexibility index (Phi) is 3.10. The van der Waals surface area contributed by atoms with Crippen LogP contribution in [0.2, 0.25) is 0 Å². The number of rotatable bonds is 3. The van der Waals surface area contributed by atoms with Crippen molar-refractivity contribution < 1.29 is 4.79 Å². The summed E-state index contributed by atoms with van der Waals surface area (Å²) < 4.78 is 0. The molecule has 76 valence electrons. The Labute approximate surface area is 86.2 Å². The van der Waals surface area contributed by atoms with Crippen molar-refractivity contribution >= 4 is 5.78 Å². The van der Waals surface area contributed by atoms with E-state index in [4.69, 9.17) is 0 Å².